The number of fused-ring (bicyclic) bond motifs is 3. The monoisotopic (exact) mass is 613 g/mol. The lowest BCUT2D eigenvalue weighted by Crippen LogP contribution is -2.39. The number of esters is 2. The molecule has 1 aliphatic carbocycles. The zero-order chi connectivity index (χ0) is 31.5. The molecule has 0 aliphatic heterocycles. The van der Waals surface area contributed by atoms with Gasteiger partial charge in [0.25, 0.3) is 0 Å². The lowest BCUT2D eigenvalue weighted by Gasteiger charge is -2.28. The number of nitrogens with two attached hydrogens (primary N) is 1. The number of carbonyl (C=O) groups excluding carboxylic acids is 2. The van der Waals surface area contributed by atoms with Crippen LogP contribution in [0.2, 0.25) is 0 Å². The van der Waals surface area contributed by atoms with Gasteiger partial charge in [0.15, 0.2) is 0 Å². The molecular formula is C35H35NO7S. The normalized spacial score (nSPS) is 14.2. The highest BCUT2D eigenvalue weighted by Crippen LogP contribution is 2.45. The summed E-state index contributed by atoms with van der Waals surface area (Å²) in [6, 6.07) is 29.7. The molecule has 8 nitrogen and oxygen atoms in total. The second-order valence-electron chi connectivity index (χ2n) is 11.6. The molecular weight excluding hydrogens is 578 g/mol. The van der Waals surface area contributed by atoms with Gasteiger partial charge in [0, 0.05) is 12.5 Å². The van der Waals surface area contributed by atoms with Crippen molar-refractivity contribution >= 4 is 22.1 Å². The summed E-state index contributed by atoms with van der Waals surface area (Å²) in [5.74, 6) is -3.57. The summed E-state index contributed by atoms with van der Waals surface area (Å²) in [5, 5.41) is 0. The largest absolute Gasteiger partial charge is 0.464 e. The van der Waals surface area contributed by atoms with Crippen LogP contribution in [0.15, 0.2) is 108 Å². The van der Waals surface area contributed by atoms with Gasteiger partial charge in [-0.05, 0) is 72.9 Å². The smallest absolute Gasteiger partial charge is 0.339 e. The lowest BCUT2D eigenvalue weighted by molar-refractivity contribution is -0.165. The number of hydrogen-bond acceptors (Lipinski definition) is 8. The molecule has 0 bridgehead atoms. The van der Waals surface area contributed by atoms with Crippen molar-refractivity contribution in [2.75, 3.05) is 13.2 Å². The van der Waals surface area contributed by atoms with E-state index < -0.39 is 39.5 Å². The molecule has 4 aromatic carbocycles. The highest BCUT2D eigenvalue weighted by molar-refractivity contribution is 7.87. The third-order valence-corrected chi connectivity index (χ3v) is 8.71. The molecule has 4 aromatic rings. The van der Waals surface area contributed by atoms with E-state index in [4.69, 9.17) is 19.4 Å². The van der Waals surface area contributed by atoms with E-state index in [1.807, 2.05) is 48.5 Å². The third kappa shape index (κ3) is 6.69. The summed E-state index contributed by atoms with van der Waals surface area (Å²) in [7, 11) is -4.07. The molecule has 228 valence electrons. The average molecular weight is 614 g/mol. The highest BCUT2D eigenvalue weighted by atomic mass is 32.2. The van der Waals surface area contributed by atoms with Gasteiger partial charge in [0.2, 0.25) is 0 Å². The summed E-state index contributed by atoms with van der Waals surface area (Å²) >= 11 is 0. The molecule has 44 heavy (non-hydrogen) atoms. The van der Waals surface area contributed by atoms with Crippen molar-refractivity contribution < 1.29 is 31.7 Å². The average Bonchev–Trinajstić information content (AvgIpc) is 3.32. The molecule has 0 heterocycles. The van der Waals surface area contributed by atoms with Crippen LogP contribution in [0.4, 0.5) is 0 Å². The number of carbonyl (C=O) groups is 2. The van der Waals surface area contributed by atoms with Crippen LogP contribution in [0, 0.1) is 5.92 Å². The molecule has 0 saturated carbocycles. The summed E-state index contributed by atoms with van der Waals surface area (Å²) < 4.78 is 42.3. The first-order valence-electron chi connectivity index (χ1n) is 14.4. The standard InChI is InChI=1S/C35H35NO7S/c1-35(2,3)42-33(37)30(21-36)32(23-17-19-24(20-18-23)43-44(39,40)25-11-5-4-6-12-25)34(38)41-22-31-28-15-9-7-13-26(28)27-14-8-10-16-29(27)31/h4-20,30-32H,21-22,36H2,1-3H3. The first-order valence-corrected chi connectivity index (χ1v) is 15.8. The summed E-state index contributed by atoms with van der Waals surface area (Å²) in [6.07, 6.45) is 0. The van der Waals surface area contributed by atoms with E-state index in [2.05, 4.69) is 0 Å². The molecule has 2 atom stereocenters. The van der Waals surface area contributed by atoms with Crippen molar-refractivity contribution in [3.05, 3.63) is 120 Å². The SMILES string of the molecule is CC(C)(C)OC(=O)C(CN)C(C(=O)OCC1c2ccccc2-c2ccccc21)c1ccc(OS(=O)(=O)c2ccccc2)cc1. The Kier molecular flexibility index (Phi) is 8.90. The van der Waals surface area contributed by atoms with Gasteiger partial charge in [-0.3, -0.25) is 9.59 Å². The minimum Gasteiger partial charge on any atom is -0.464 e. The number of hydrogen-bond donors (Lipinski definition) is 1. The zero-order valence-electron chi connectivity index (χ0n) is 24.8. The molecule has 2 N–H and O–H groups in total. The molecule has 0 amide bonds. The van der Waals surface area contributed by atoms with E-state index >= 15 is 0 Å². The van der Waals surface area contributed by atoms with Gasteiger partial charge in [0.05, 0.1) is 11.8 Å². The van der Waals surface area contributed by atoms with Crippen LogP contribution in [0.1, 0.15) is 49.3 Å². The molecule has 0 aromatic heterocycles. The van der Waals surface area contributed by atoms with E-state index in [0.29, 0.717) is 5.56 Å². The van der Waals surface area contributed by atoms with Crippen LogP contribution in [0.5, 0.6) is 5.75 Å². The Hall–Kier alpha value is -4.47. The first-order chi connectivity index (χ1) is 21.0. The van der Waals surface area contributed by atoms with Crippen LogP contribution in [0.25, 0.3) is 11.1 Å². The van der Waals surface area contributed by atoms with Crippen molar-refractivity contribution in [2.45, 2.75) is 43.1 Å². The Morgan fingerprint density at radius 1 is 0.773 bits per heavy atom. The van der Waals surface area contributed by atoms with Gasteiger partial charge < -0.3 is 19.4 Å². The molecule has 5 rings (SSSR count). The Balaban J connectivity index is 1.42. The Labute approximate surface area is 257 Å². The van der Waals surface area contributed by atoms with Gasteiger partial charge in [-0.2, -0.15) is 8.42 Å². The fourth-order valence-corrected chi connectivity index (χ4v) is 6.42. The molecule has 0 fully saturated rings. The highest BCUT2D eigenvalue weighted by Gasteiger charge is 2.39. The van der Waals surface area contributed by atoms with Gasteiger partial charge in [-0.1, -0.05) is 78.9 Å². The minimum atomic E-state index is -4.07. The third-order valence-electron chi connectivity index (χ3n) is 7.45. The van der Waals surface area contributed by atoms with E-state index in [0.717, 1.165) is 22.3 Å². The van der Waals surface area contributed by atoms with Gasteiger partial charge in [0.1, 0.15) is 22.9 Å². The summed E-state index contributed by atoms with van der Waals surface area (Å²) in [5.41, 5.74) is 9.98. The van der Waals surface area contributed by atoms with Crippen LogP contribution in [-0.4, -0.2) is 39.1 Å². The van der Waals surface area contributed by atoms with Crippen molar-refractivity contribution in [1.29, 1.82) is 0 Å². The molecule has 0 radical (unpaired) electrons. The molecule has 1 aliphatic rings. The minimum absolute atomic E-state index is 0.00807. The fraction of sp³-hybridized carbons (Fsp3) is 0.257. The molecule has 9 heteroatoms. The fourth-order valence-electron chi connectivity index (χ4n) is 5.47. The van der Waals surface area contributed by atoms with E-state index in [1.54, 1.807) is 39.0 Å². The quantitative estimate of drug-likeness (QED) is 0.176. The Bertz CT molecular complexity index is 1700. The summed E-state index contributed by atoms with van der Waals surface area (Å²) in [6.45, 7) is 5.09. The maximum absolute atomic E-state index is 13.9. The van der Waals surface area contributed by atoms with Crippen molar-refractivity contribution in [2.24, 2.45) is 11.7 Å². The molecule has 0 spiro atoms. The van der Waals surface area contributed by atoms with E-state index in [-0.39, 0.29) is 29.7 Å². The molecule has 2 unspecified atom stereocenters. The van der Waals surface area contributed by atoms with Crippen molar-refractivity contribution in [1.82, 2.24) is 0 Å². The second-order valence-corrected chi connectivity index (χ2v) is 13.2. The lowest BCUT2D eigenvalue weighted by atomic mass is 9.85. The number of rotatable bonds is 10. The maximum Gasteiger partial charge on any atom is 0.339 e. The van der Waals surface area contributed by atoms with E-state index in [1.165, 1.54) is 36.4 Å². The number of benzene rings is 4. The number of ether oxygens (including phenoxy) is 2. The van der Waals surface area contributed by atoms with Gasteiger partial charge in [-0.25, -0.2) is 0 Å². The molecule has 0 saturated heterocycles. The van der Waals surface area contributed by atoms with Crippen LogP contribution in [-0.2, 0) is 29.2 Å². The van der Waals surface area contributed by atoms with Crippen LogP contribution < -0.4 is 9.92 Å². The first kappa shape index (κ1) is 31.0. The van der Waals surface area contributed by atoms with E-state index in [9.17, 15) is 18.0 Å². The van der Waals surface area contributed by atoms with Gasteiger partial charge >= 0.3 is 22.1 Å². The predicted molar refractivity (Wildman–Crippen MR) is 167 cm³/mol. The topological polar surface area (TPSA) is 122 Å². The second kappa shape index (κ2) is 12.6. The Morgan fingerprint density at radius 2 is 1.32 bits per heavy atom. The van der Waals surface area contributed by atoms with Crippen LogP contribution in [0.3, 0.4) is 0 Å². The zero-order valence-corrected chi connectivity index (χ0v) is 25.6. The van der Waals surface area contributed by atoms with Crippen molar-refractivity contribution in [3.63, 3.8) is 0 Å². The Morgan fingerprint density at radius 3 is 1.86 bits per heavy atom. The predicted octanol–water partition coefficient (Wildman–Crippen LogP) is 5.81. The summed E-state index contributed by atoms with van der Waals surface area (Å²) in [4.78, 5) is 27.2. The van der Waals surface area contributed by atoms with Gasteiger partial charge in [-0.15, -0.1) is 0 Å². The van der Waals surface area contributed by atoms with Crippen molar-refractivity contribution in [3.8, 4) is 16.9 Å². The van der Waals surface area contributed by atoms with Crippen LogP contribution >= 0.6 is 0 Å². The maximum atomic E-state index is 13.9.